The number of rotatable bonds is 1. The van der Waals surface area contributed by atoms with Crippen molar-refractivity contribution in [2.24, 2.45) is 0 Å². The van der Waals surface area contributed by atoms with Gasteiger partial charge in [0.15, 0.2) is 0 Å². The van der Waals surface area contributed by atoms with Gasteiger partial charge < -0.3 is 16.4 Å². The molecule has 0 saturated heterocycles. The Kier molecular flexibility index (Phi) is 2.41. The van der Waals surface area contributed by atoms with Crippen LogP contribution in [-0.2, 0) is 0 Å². The first-order valence-corrected chi connectivity index (χ1v) is 5.76. The molecule has 2 aromatic carbocycles. The maximum Gasteiger partial charge on any atom is 0.320 e. The summed E-state index contributed by atoms with van der Waals surface area (Å²) in [6, 6.07) is 15.1. The van der Waals surface area contributed by atoms with E-state index < -0.39 is 0 Å². The van der Waals surface area contributed by atoms with Gasteiger partial charge in [0.1, 0.15) is 0 Å². The summed E-state index contributed by atoms with van der Waals surface area (Å²) in [5.41, 5.74) is 9.23. The number of anilines is 2. The molecule has 4 N–H and O–H groups in total. The fourth-order valence-corrected chi connectivity index (χ4v) is 2.21. The Morgan fingerprint density at radius 1 is 1.06 bits per heavy atom. The van der Waals surface area contributed by atoms with Gasteiger partial charge in [-0.3, -0.25) is 0 Å². The Bertz CT molecular complexity index is 595. The molecule has 3 rings (SSSR count). The van der Waals surface area contributed by atoms with Gasteiger partial charge in [-0.15, -0.1) is 0 Å². The molecule has 0 radical (unpaired) electrons. The summed E-state index contributed by atoms with van der Waals surface area (Å²) in [5.74, 6) is 0. The molecule has 0 fully saturated rings. The van der Waals surface area contributed by atoms with Gasteiger partial charge in [0, 0.05) is 11.3 Å². The molecule has 1 unspecified atom stereocenters. The molecule has 1 aliphatic rings. The Hall–Kier alpha value is -2.49. The zero-order chi connectivity index (χ0) is 12.5. The number of hydrogen-bond acceptors (Lipinski definition) is 2. The number of benzene rings is 2. The molecule has 0 aromatic heterocycles. The van der Waals surface area contributed by atoms with E-state index in [1.165, 1.54) is 0 Å². The second-order valence-corrected chi connectivity index (χ2v) is 4.29. The van der Waals surface area contributed by atoms with Crippen LogP contribution in [0.4, 0.5) is 16.2 Å². The molecule has 0 saturated carbocycles. The van der Waals surface area contributed by atoms with E-state index in [0.29, 0.717) is 5.69 Å². The van der Waals surface area contributed by atoms with Crippen molar-refractivity contribution in [1.29, 1.82) is 0 Å². The smallest absolute Gasteiger partial charge is 0.320 e. The third-order valence-corrected chi connectivity index (χ3v) is 3.04. The quantitative estimate of drug-likeness (QED) is 0.669. The Labute approximate surface area is 105 Å². The van der Waals surface area contributed by atoms with Gasteiger partial charge in [-0.25, -0.2) is 4.79 Å². The minimum absolute atomic E-state index is 0.129. The Morgan fingerprint density at radius 3 is 2.61 bits per heavy atom. The monoisotopic (exact) mass is 239 g/mol. The normalized spacial score (nSPS) is 17.6. The van der Waals surface area contributed by atoms with Crippen LogP contribution in [0.3, 0.4) is 0 Å². The van der Waals surface area contributed by atoms with E-state index in [2.05, 4.69) is 10.6 Å². The lowest BCUT2D eigenvalue weighted by molar-refractivity contribution is 0.249. The molecular formula is C14H13N3O. The van der Waals surface area contributed by atoms with Crippen molar-refractivity contribution in [2.75, 3.05) is 11.1 Å². The van der Waals surface area contributed by atoms with Gasteiger partial charge in [-0.2, -0.15) is 0 Å². The zero-order valence-electron chi connectivity index (χ0n) is 9.68. The number of hydrogen-bond donors (Lipinski definition) is 3. The molecule has 90 valence electrons. The topological polar surface area (TPSA) is 67.1 Å². The molecule has 4 nitrogen and oxygen atoms in total. The van der Waals surface area contributed by atoms with E-state index in [1.54, 1.807) is 6.07 Å². The fraction of sp³-hybridized carbons (Fsp3) is 0.0714. The van der Waals surface area contributed by atoms with Crippen molar-refractivity contribution >= 4 is 17.4 Å². The van der Waals surface area contributed by atoms with Crippen molar-refractivity contribution in [3.05, 3.63) is 59.7 Å². The van der Waals surface area contributed by atoms with E-state index in [9.17, 15) is 4.79 Å². The molecule has 2 amide bonds. The minimum atomic E-state index is -0.207. The highest BCUT2D eigenvalue weighted by molar-refractivity contribution is 5.94. The molecule has 0 aliphatic carbocycles. The van der Waals surface area contributed by atoms with E-state index in [1.807, 2.05) is 42.5 Å². The number of fused-ring (bicyclic) bond motifs is 1. The average molecular weight is 239 g/mol. The van der Waals surface area contributed by atoms with Gasteiger partial charge in [0.25, 0.3) is 0 Å². The summed E-state index contributed by atoms with van der Waals surface area (Å²) < 4.78 is 0. The van der Waals surface area contributed by atoms with Crippen molar-refractivity contribution in [2.45, 2.75) is 6.04 Å². The number of amides is 2. The first-order chi connectivity index (χ1) is 8.74. The predicted octanol–water partition coefficient (Wildman–Crippen LogP) is 2.49. The predicted molar refractivity (Wildman–Crippen MR) is 71.3 cm³/mol. The molecule has 1 atom stereocenters. The van der Waals surface area contributed by atoms with Crippen molar-refractivity contribution < 1.29 is 4.79 Å². The number of carbonyl (C=O) groups is 1. The van der Waals surface area contributed by atoms with E-state index in [-0.39, 0.29) is 12.1 Å². The zero-order valence-corrected chi connectivity index (χ0v) is 9.68. The van der Waals surface area contributed by atoms with Crippen LogP contribution in [0, 0.1) is 0 Å². The summed E-state index contributed by atoms with van der Waals surface area (Å²) in [5, 5.41) is 5.69. The minimum Gasteiger partial charge on any atom is -0.399 e. The lowest BCUT2D eigenvalue weighted by Crippen LogP contribution is -2.38. The largest absolute Gasteiger partial charge is 0.399 e. The molecule has 0 spiro atoms. The third kappa shape index (κ3) is 1.78. The van der Waals surface area contributed by atoms with Crippen LogP contribution in [0.5, 0.6) is 0 Å². The van der Waals surface area contributed by atoms with Crippen molar-refractivity contribution in [3.8, 4) is 0 Å². The molecule has 4 heteroatoms. The third-order valence-electron chi connectivity index (χ3n) is 3.04. The van der Waals surface area contributed by atoms with Crippen LogP contribution in [-0.4, -0.2) is 6.03 Å². The van der Waals surface area contributed by atoms with Gasteiger partial charge in [-0.1, -0.05) is 36.4 Å². The van der Waals surface area contributed by atoms with Gasteiger partial charge in [0.05, 0.1) is 11.7 Å². The molecule has 18 heavy (non-hydrogen) atoms. The first kappa shape index (κ1) is 10.7. The molecular weight excluding hydrogens is 226 g/mol. The standard InChI is InChI=1S/C14H13N3O/c15-10-6-7-11-12(8-10)16-14(18)17-13(11)9-4-2-1-3-5-9/h1-8,13H,15H2,(H2,16,17,18). The highest BCUT2D eigenvalue weighted by atomic mass is 16.2. The number of nitrogen functional groups attached to an aromatic ring is 1. The second kappa shape index (κ2) is 4.07. The lowest BCUT2D eigenvalue weighted by Gasteiger charge is -2.27. The number of nitrogens with one attached hydrogen (secondary N) is 2. The second-order valence-electron chi connectivity index (χ2n) is 4.29. The summed E-state index contributed by atoms with van der Waals surface area (Å²) in [7, 11) is 0. The fourth-order valence-electron chi connectivity index (χ4n) is 2.21. The first-order valence-electron chi connectivity index (χ1n) is 5.76. The molecule has 2 aromatic rings. The molecule has 1 heterocycles. The molecule has 0 bridgehead atoms. The van der Waals surface area contributed by atoms with Crippen molar-refractivity contribution in [3.63, 3.8) is 0 Å². The van der Waals surface area contributed by atoms with Crippen LogP contribution in [0.15, 0.2) is 48.5 Å². The van der Waals surface area contributed by atoms with Gasteiger partial charge >= 0.3 is 6.03 Å². The maximum absolute atomic E-state index is 11.7. The summed E-state index contributed by atoms with van der Waals surface area (Å²) >= 11 is 0. The number of nitrogens with two attached hydrogens (primary N) is 1. The van der Waals surface area contributed by atoms with Gasteiger partial charge in [-0.05, 0) is 17.7 Å². The van der Waals surface area contributed by atoms with E-state index >= 15 is 0 Å². The Morgan fingerprint density at radius 2 is 1.83 bits per heavy atom. The van der Waals surface area contributed by atoms with Crippen LogP contribution in [0.1, 0.15) is 17.2 Å². The van der Waals surface area contributed by atoms with Crippen LogP contribution >= 0.6 is 0 Å². The SMILES string of the molecule is Nc1ccc2c(c1)NC(=O)NC2c1ccccc1. The van der Waals surface area contributed by atoms with Crippen LogP contribution in [0.25, 0.3) is 0 Å². The summed E-state index contributed by atoms with van der Waals surface area (Å²) in [6.07, 6.45) is 0. The summed E-state index contributed by atoms with van der Waals surface area (Å²) in [6.45, 7) is 0. The van der Waals surface area contributed by atoms with E-state index in [4.69, 9.17) is 5.73 Å². The highest BCUT2D eigenvalue weighted by Crippen LogP contribution is 2.32. The Balaban J connectivity index is 2.10. The number of urea groups is 1. The average Bonchev–Trinajstić information content (AvgIpc) is 2.38. The van der Waals surface area contributed by atoms with E-state index in [0.717, 1.165) is 16.8 Å². The summed E-state index contributed by atoms with van der Waals surface area (Å²) in [4.78, 5) is 11.7. The van der Waals surface area contributed by atoms with Gasteiger partial charge in [0.2, 0.25) is 0 Å². The number of carbonyl (C=O) groups excluding carboxylic acids is 1. The van der Waals surface area contributed by atoms with Crippen molar-refractivity contribution in [1.82, 2.24) is 5.32 Å². The molecule has 1 aliphatic heterocycles. The lowest BCUT2D eigenvalue weighted by atomic mass is 9.95. The highest BCUT2D eigenvalue weighted by Gasteiger charge is 2.25. The van der Waals surface area contributed by atoms with Crippen LogP contribution in [0.2, 0.25) is 0 Å². The maximum atomic E-state index is 11.7. The van der Waals surface area contributed by atoms with Crippen LogP contribution < -0.4 is 16.4 Å².